The molecule has 4 heteroatoms. The normalized spacial score (nSPS) is 18.7. The number of nitrogens with zero attached hydrogens (tertiary/aromatic N) is 1. The molecular formula is C18H29ClN2O. The van der Waals surface area contributed by atoms with E-state index in [2.05, 4.69) is 36.2 Å². The number of carbonyl (C=O) groups is 1. The fourth-order valence-electron chi connectivity index (χ4n) is 3.23. The van der Waals surface area contributed by atoms with Gasteiger partial charge in [0.2, 0.25) is 5.91 Å². The molecule has 1 aliphatic heterocycles. The number of hydrogen-bond donors (Lipinski definition) is 1. The molecule has 0 aromatic heterocycles. The Hall–Kier alpha value is -1.06. The van der Waals surface area contributed by atoms with E-state index < -0.39 is 0 Å². The molecule has 1 fully saturated rings. The predicted molar refractivity (Wildman–Crippen MR) is 94.6 cm³/mol. The van der Waals surface area contributed by atoms with E-state index in [4.69, 9.17) is 0 Å². The number of amides is 1. The van der Waals surface area contributed by atoms with Gasteiger partial charge in [0, 0.05) is 19.5 Å². The second kappa shape index (κ2) is 8.54. The summed E-state index contributed by atoms with van der Waals surface area (Å²) in [6.07, 6.45) is 2.94. The average Bonchev–Trinajstić information content (AvgIpc) is 2.48. The number of halogens is 1. The molecule has 0 saturated carbocycles. The van der Waals surface area contributed by atoms with E-state index in [1.807, 2.05) is 25.2 Å². The van der Waals surface area contributed by atoms with E-state index in [9.17, 15) is 4.79 Å². The van der Waals surface area contributed by atoms with Gasteiger partial charge in [-0.05, 0) is 43.3 Å². The largest absolute Gasteiger partial charge is 0.342 e. The van der Waals surface area contributed by atoms with Gasteiger partial charge in [0.15, 0.2) is 0 Å². The summed E-state index contributed by atoms with van der Waals surface area (Å²) in [5.41, 5.74) is 1.14. The lowest BCUT2D eigenvalue weighted by molar-refractivity contribution is -0.134. The monoisotopic (exact) mass is 324 g/mol. The van der Waals surface area contributed by atoms with Crippen molar-refractivity contribution in [3.63, 3.8) is 0 Å². The Balaban J connectivity index is 0.00000242. The van der Waals surface area contributed by atoms with Gasteiger partial charge < -0.3 is 10.2 Å². The minimum Gasteiger partial charge on any atom is -0.342 e. The molecule has 1 aromatic carbocycles. The minimum absolute atomic E-state index is 0. The van der Waals surface area contributed by atoms with Crippen molar-refractivity contribution in [1.82, 2.24) is 10.2 Å². The molecule has 1 atom stereocenters. The van der Waals surface area contributed by atoms with Crippen LogP contribution in [0.4, 0.5) is 0 Å². The standard InChI is InChI=1S/C18H28N2O.ClH/c1-18(2,16-9-5-4-6-10-16)12-17(21)20-11-7-8-15(14-20)13-19-3;/h4-6,9-10,15,19H,7-8,11-14H2,1-3H3;1H. The molecule has 22 heavy (non-hydrogen) atoms. The molecule has 1 amide bonds. The Bertz CT molecular complexity index is 459. The van der Waals surface area contributed by atoms with Crippen molar-refractivity contribution in [1.29, 1.82) is 0 Å². The van der Waals surface area contributed by atoms with Gasteiger partial charge in [-0.3, -0.25) is 4.79 Å². The van der Waals surface area contributed by atoms with Gasteiger partial charge in [-0.1, -0.05) is 44.2 Å². The number of likely N-dealkylation sites (tertiary alicyclic amines) is 1. The highest BCUT2D eigenvalue weighted by Gasteiger charge is 2.29. The summed E-state index contributed by atoms with van der Waals surface area (Å²) in [6.45, 7) is 7.16. The molecule has 0 radical (unpaired) electrons. The van der Waals surface area contributed by atoms with Crippen molar-refractivity contribution in [3.05, 3.63) is 35.9 Å². The number of carbonyl (C=O) groups excluding carboxylic acids is 1. The molecule has 124 valence electrons. The summed E-state index contributed by atoms with van der Waals surface area (Å²) < 4.78 is 0. The van der Waals surface area contributed by atoms with Crippen LogP contribution in [-0.2, 0) is 10.2 Å². The lowest BCUT2D eigenvalue weighted by Gasteiger charge is -2.35. The average molecular weight is 325 g/mol. The molecule has 0 spiro atoms. The van der Waals surface area contributed by atoms with E-state index in [1.165, 1.54) is 12.0 Å². The first kappa shape index (κ1) is 19.0. The summed E-state index contributed by atoms with van der Waals surface area (Å²) in [6, 6.07) is 10.4. The van der Waals surface area contributed by atoms with Gasteiger partial charge in [-0.15, -0.1) is 12.4 Å². The number of benzene rings is 1. The van der Waals surface area contributed by atoms with E-state index in [1.54, 1.807) is 0 Å². The Morgan fingerprint density at radius 2 is 2.00 bits per heavy atom. The Labute approximate surface area is 140 Å². The molecule has 1 saturated heterocycles. The SMILES string of the molecule is CNCC1CCCN(C(=O)CC(C)(C)c2ccccc2)C1.Cl. The maximum Gasteiger partial charge on any atom is 0.223 e. The topological polar surface area (TPSA) is 32.3 Å². The van der Waals surface area contributed by atoms with Crippen LogP contribution >= 0.6 is 12.4 Å². The summed E-state index contributed by atoms with van der Waals surface area (Å²) in [4.78, 5) is 14.7. The zero-order chi connectivity index (χ0) is 15.3. The van der Waals surface area contributed by atoms with E-state index >= 15 is 0 Å². The highest BCUT2D eigenvalue weighted by molar-refractivity contribution is 5.85. The number of rotatable bonds is 5. The fourth-order valence-corrected chi connectivity index (χ4v) is 3.23. The number of piperidine rings is 1. The van der Waals surface area contributed by atoms with Gasteiger partial charge in [0.1, 0.15) is 0 Å². The molecule has 1 unspecified atom stereocenters. The molecule has 2 rings (SSSR count). The third-order valence-corrected chi connectivity index (χ3v) is 4.51. The lowest BCUT2D eigenvalue weighted by atomic mass is 9.81. The van der Waals surface area contributed by atoms with Crippen LogP contribution < -0.4 is 5.32 Å². The van der Waals surface area contributed by atoms with Crippen LogP contribution in [0.1, 0.15) is 38.7 Å². The summed E-state index contributed by atoms with van der Waals surface area (Å²) in [5.74, 6) is 0.900. The van der Waals surface area contributed by atoms with Crippen molar-refractivity contribution in [2.24, 2.45) is 5.92 Å². The molecule has 1 aromatic rings. The smallest absolute Gasteiger partial charge is 0.223 e. The third-order valence-electron chi connectivity index (χ3n) is 4.51. The van der Waals surface area contributed by atoms with Gasteiger partial charge in [-0.2, -0.15) is 0 Å². The highest BCUT2D eigenvalue weighted by Crippen LogP contribution is 2.28. The van der Waals surface area contributed by atoms with E-state index in [0.29, 0.717) is 18.2 Å². The van der Waals surface area contributed by atoms with Crippen molar-refractivity contribution in [3.8, 4) is 0 Å². The maximum atomic E-state index is 12.6. The molecular weight excluding hydrogens is 296 g/mol. The second-order valence-corrected chi connectivity index (χ2v) is 6.83. The number of hydrogen-bond acceptors (Lipinski definition) is 2. The highest BCUT2D eigenvalue weighted by atomic mass is 35.5. The predicted octanol–water partition coefficient (Wildman–Crippen LogP) is 3.23. The van der Waals surface area contributed by atoms with Crippen molar-refractivity contribution in [2.75, 3.05) is 26.7 Å². The quantitative estimate of drug-likeness (QED) is 0.902. The van der Waals surface area contributed by atoms with Crippen LogP contribution in [0.2, 0.25) is 0 Å². The van der Waals surface area contributed by atoms with Crippen molar-refractivity contribution < 1.29 is 4.79 Å². The maximum absolute atomic E-state index is 12.6. The van der Waals surface area contributed by atoms with Gasteiger partial charge >= 0.3 is 0 Å². The van der Waals surface area contributed by atoms with E-state index in [-0.39, 0.29) is 17.8 Å². The van der Waals surface area contributed by atoms with Crippen LogP contribution in [-0.4, -0.2) is 37.5 Å². The van der Waals surface area contributed by atoms with Crippen LogP contribution in [0.5, 0.6) is 0 Å². The number of nitrogens with one attached hydrogen (secondary N) is 1. The zero-order valence-corrected chi connectivity index (χ0v) is 14.8. The van der Waals surface area contributed by atoms with Gasteiger partial charge in [0.25, 0.3) is 0 Å². The Morgan fingerprint density at radius 1 is 1.32 bits per heavy atom. The molecule has 1 heterocycles. The van der Waals surface area contributed by atoms with Crippen LogP contribution in [0.15, 0.2) is 30.3 Å². The molecule has 0 bridgehead atoms. The first-order valence-electron chi connectivity index (χ1n) is 8.01. The van der Waals surface area contributed by atoms with Crippen molar-refractivity contribution >= 4 is 18.3 Å². The minimum atomic E-state index is -0.103. The Morgan fingerprint density at radius 3 is 2.64 bits per heavy atom. The molecule has 0 aliphatic carbocycles. The summed E-state index contributed by atoms with van der Waals surface area (Å²) in [7, 11) is 1.99. The molecule has 1 aliphatic rings. The second-order valence-electron chi connectivity index (χ2n) is 6.83. The fraction of sp³-hybridized carbons (Fsp3) is 0.611. The van der Waals surface area contributed by atoms with Gasteiger partial charge in [-0.25, -0.2) is 0 Å². The molecule has 3 nitrogen and oxygen atoms in total. The first-order valence-corrected chi connectivity index (χ1v) is 8.01. The van der Waals surface area contributed by atoms with Crippen LogP contribution in [0, 0.1) is 5.92 Å². The molecule has 1 N–H and O–H groups in total. The van der Waals surface area contributed by atoms with Crippen LogP contribution in [0.3, 0.4) is 0 Å². The third kappa shape index (κ3) is 4.99. The van der Waals surface area contributed by atoms with Gasteiger partial charge in [0.05, 0.1) is 0 Å². The first-order chi connectivity index (χ1) is 10.0. The zero-order valence-electron chi connectivity index (χ0n) is 14.0. The Kier molecular flexibility index (Phi) is 7.37. The van der Waals surface area contributed by atoms with Crippen molar-refractivity contribution in [2.45, 2.75) is 38.5 Å². The van der Waals surface area contributed by atoms with E-state index in [0.717, 1.165) is 26.1 Å². The van der Waals surface area contributed by atoms with Crippen LogP contribution in [0.25, 0.3) is 0 Å². The summed E-state index contributed by atoms with van der Waals surface area (Å²) in [5, 5.41) is 3.23. The lowest BCUT2D eigenvalue weighted by Crippen LogP contribution is -2.44. The summed E-state index contributed by atoms with van der Waals surface area (Å²) >= 11 is 0.